The van der Waals surface area contributed by atoms with Gasteiger partial charge in [-0.15, -0.1) is 0 Å². The molecule has 1 saturated carbocycles. The molecule has 2 heterocycles. The quantitative estimate of drug-likeness (QED) is 0.867. The molecule has 0 radical (unpaired) electrons. The molecule has 0 N–H and O–H groups in total. The topological polar surface area (TPSA) is 66.0 Å². The minimum atomic E-state index is 0.360. The smallest absolute Gasteiger partial charge is 0.229 e. The normalized spacial score (nSPS) is 22.0. The van der Waals surface area contributed by atoms with E-state index in [1.54, 1.807) is 0 Å². The first-order chi connectivity index (χ1) is 11.3. The van der Waals surface area contributed by atoms with E-state index in [9.17, 15) is 0 Å². The minimum absolute atomic E-state index is 0.360. The molecular weight excluding hydrogens is 288 g/mol. The third kappa shape index (κ3) is 3.27. The third-order valence-corrected chi connectivity index (χ3v) is 4.72. The van der Waals surface area contributed by atoms with Gasteiger partial charge in [-0.25, -0.2) is 0 Å². The highest BCUT2D eigenvalue weighted by Crippen LogP contribution is 2.39. The van der Waals surface area contributed by atoms with Gasteiger partial charge in [0.25, 0.3) is 0 Å². The van der Waals surface area contributed by atoms with E-state index in [1.165, 1.54) is 18.4 Å². The SMILES string of the molecule is N#Cc1cccc(CN2CCC[C@H](c3noc(C4CC4)n3)C2)c1. The van der Waals surface area contributed by atoms with Crippen molar-refractivity contribution in [2.45, 2.75) is 44.1 Å². The number of hydrogen-bond donors (Lipinski definition) is 0. The molecule has 118 valence electrons. The van der Waals surface area contributed by atoms with Crippen molar-refractivity contribution in [2.75, 3.05) is 13.1 Å². The molecular formula is C18H20N4O. The molecule has 0 amide bonds. The lowest BCUT2D eigenvalue weighted by Gasteiger charge is -2.31. The summed E-state index contributed by atoms with van der Waals surface area (Å²) in [7, 11) is 0. The number of likely N-dealkylation sites (tertiary alicyclic amines) is 1. The van der Waals surface area contributed by atoms with Crippen molar-refractivity contribution in [2.24, 2.45) is 0 Å². The highest BCUT2D eigenvalue weighted by molar-refractivity contribution is 5.32. The summed E-state index contributed by atoms with van der Waals surface area (Å²) in [6, 6.07) is 10.1. The van der Waals surface area contributed by atoms with Gasteiger partial charge in [0.2, 0.25) is 5.89 Å². The van der Waals surface area contributed by atoms with E-state index in [0.717, 1.165) is 49.8 Å². The fourth-order valence-electron chi connectivity index (χ4n) is 3.32. The first kappa shape index (κ1) is 14.4. The average molecular weight is 308 g/mol. The number of aromatic nitrogens is 2. The molecule has 0 bridgehead atoms. The highest BCUT2D eigenvalue weighted by Gasteiger charge is 2.32. The second-order valence-electron chi connectivity index (χ2n) is 6.65. The summed E-state index contributed by atoms with van der Waals surface area (Å²) in [5.41, 5.74) is 1.92. The molecule has 4 rings (SSSR count). The molecule has 1 aromatic carbocycles. The number of hydrogen-bond acceptors (Lipinski definition) is 5. The zero-order valence-corrected chi connectivity index (χ0v) is 13.1. The molecule has 1 aliphatic carbocycles. The molecule has 5 nitrogen and oxygen atoms in total. The van der Waals surface area contributed by atoms with E-state index in [2.05, 4.69) is 27.2 Å². The highest BCUT2D eigenvalue weighted by atomic mass is 16.5. The minimum Gasteiger partial charge on any atom is -0.339 e. The lowest BCUT2D eigenvalue weighted by Crippen LogP contribution is -2.34. The van der Waals surface area contributed by atoms with Crippen molar-refractivity contribution < 1.29 is 4.52 Å². The van der Waals surface area contributed by atoms with E-state index in [0.29, 0.717) is 11.8 Å². The maximum absolute atomic E-state index is 9.02. The van der Waals surface area contributed by atoms with E-state index in [1.807, 2.05) is 18.2 Å². The molecule has 0 unspecified atom stereocenters. The van der Waals surface area contributed by atoms with Crippen LogP contribution in [0.5, 0.6) is 0 Å². The maximum Gasteiger partial charge on any atom is 0.229 e. The van der Waals surface area contributed by atoms with Gasteiger partial charge in [0.1, 0.15) is 0 Å². The summed E-state index contributed by atoms with van der Waals surface area (Å²) in [4.78, 5) is 7.05. The predicted octanol–water partition coefficient (Wildman–Crippen LogP) is 3.20. The average Bonchev–Trinajstić information content (AvgIpc) is 3.32. The number of nitriles is 1. The van der Waals surface area contributed by atoms with E-state index < -0.39 is 0 Å². The van der Waals surface area contributed by atoms with Crippen LogP contribution in [-0.4, -0.2) is 28.1 Å². The Morgan fingerprint density at radius 1 is 1.26 bits per heavy atom. The van der Waals surface area contributed by atoms with Gasteiger partial charge in [-0.2, -0.15) is 10.2 Å². The van der Waals surface area contributed by atoms with Crippen LogP contribution >= 0.6 is 0 Å². The van der Waals surface area contributed by atoms with Gasteiger partial charge in [0, 0.05) is 24.9 Å². The van der Waals surface area contributed by atoms with E-state index in [4.69, 9.17) is 9.78 Å². The second kappa shape index (κ2) is 6.13. The Morgan fingerprint density at radius 3 is 3.00 bits per heavy atom. The van der Waals surface area contributed by atoms with Crippen molar-refractivity contribution in [3.63, 3.8) is 0 Å². The lowest BCUT2D eigenvalue weighted by molar-refractivity contribution is 0.194. The molecule has 23 heavy (non-hydrogen) atoms. The van der Waals surface area contributed by atoms with Gasteiger partial charge in [-0.1, -0.05) is 17.3 Å². The van der Waals surface area contributed by atoms with Crippen LogP contribution in [0, 0.1) is 11.3 Å². The van der Waals surface area contributed by atoms with Crippen LogP contribution in [0.1, 0.15) is 60.4 Å². The Morgan fingerprint density at radius 2 is 2.17 bits per heavy atom. The summed E-state index contributed by atoms with van der Waals surface area (Å²) >= 11 is 0. The first-order valence-electron chi connectivity index (χ1n) is 8.37. The molecule has 1 atom stereocenters. The van der Waals surface area contributed by atoms with Crippen molar-refractivity contribution in [3.8, 4) is 6.07 Å². The fourth-order valence-corrected chi connectivity index (χ4v) is 3.32. The van der Waals surface area contributed by atoms with Crippen LogP contribution in [0.25, 0.3) is 0 Å². The van der Waals surface area contributed by atoms with Crippen molar-refractivity contribution in [1.82, 2.24) is 15.0 Å². The maximum atomic E-state index is 9.02. The Kier molecular flexibility index (Phi) is 3.84. The zero-order valence-electron chi connectivity index (χ0n) is 13.1. The van der Waals surface area contributed by atoms with Gasteiger partial charge in [0.05, 0.1) is 11.6 Å². The van der Waals surface area contributed by atoms with Gasteiger partial charge >= 0.3 is 0 Å². The molecule has 2 aliphatic rings. The second-order valence-corrected chi connectivity index (χ2v) is 6.65. The molecule has 5 heteroatoms. The first-order valence-corrected chi connectivity index (χ1v) is 8.37. The summed E-state index contributed by atoms with van der Waals surface area (Å²) in [5.74, 6) is 2.59. The summed E-state index contributed by atoms with van der Waals surface area (Å²) < 4.78 is 5.41. The monoisotopic (exact) mass is 308 g/mol. The third-order valence-electron chi connectivity index (χ3n) is 4.72. The van der Waals surface area contributed by atoms with Crippen LogP contribution in [-0.2, 0) is 6.54 Å². The van der Waals surface area contributed by atoms with Gasteiger partial charge < -0.3 is 4.52 Å². The lowest BCUT2D eigenvalue weighted by atomic mass is 9.97. The van der Waals surface area contributed by atoms with Crippen molar-refractivity contribution in [1.29, 1.82) is 5.26 Å². The number of benzene rings is 1. The van der Waals surface area contributed by atoms with Crippen molar-refractivity contribution >= 4 is 0 Å². The Bertz CT molecular complexity index is 729. The Balaban J connectivity index is 1.42. The van der Waals surface area contributed by atoms with Crippen LogP contribution in [0.3, 0.4) is 0 Å². The number of rotatable bonds is 4. The molecule has 2 aromatic rings. The standard InChI is InChI=1S/C18H20N4O/c19-10-13-3-1-4-14(9-13)11-22-8-2-5-16(12-22)17-20-18(23-21-17)15-6-7-15/h1,3-4,9,15-16H,2,5-8,11-12H2/t16-/m0/s1. The molecule has 1 aliphatic heterocycles. The van der Waals surface area contributed by atoms with Crippen LogP contribution in [0.15, 0.2) is 28.8 Å². The van der Waals surface area contributed by atoms with Crippen LogP contribution in [0.2, 0.25) is 0 Å². The van der Waals surface area contributed by atoms with E-state index in [-0.39, 0.29) is 0 Å². The molecule has 1 aromatic heterocycles. The Hall–Kier alpha value is -2.19. The summed E-state index contributed by atoms with van der Waals surface area (Å²) in [6.45, 7) is 2.92. The summed E-state index contributed by atoms with van der Waals surface area (Å²) in [5, 5.41) is 13.2. The van der Waals surface area contributed by atoms with Gasteiger partial charge in [-0.05, 0) is 49.9 Å². The Labute approximate surface area is 135 Å². The number of nitrogens with zero attached hydrogens (tertiary/aromatic N) is 4. The molecule has 2 fully saturated rings. The zero-order chi connectivity index (χ0) is 15.6. The van der Waals surface area contributed by atoms with Gasteiger partial charge in [-0.3, -0.25) is 4.90 Å². The van der Waals surface area contributed by atoms with Gasteiger partial charge in [0.15, 0.2) is 5.82 Å². The van der Waals surface area contributed by atoms with Crippen LogP contribution < -0.4 is 0 Å². The largest absolute Gasteiger partial charge is 0.339 e. The summed E-state index contributed by atoms with van der Waals surface area (Å²) in [6.07, 6.45) is 4.65. The van der Waals surface area contributed by atoms with Crippen molar-refractivity contribution in [3.05, 3.63) is 47.1 Å². The fraction of sp³-hybridized carbons (Fsp3) is 0.500. The van der Waals surface area contributed by atoms with E-state index >= 15 is 0 Å². The van der Waals surface area contributed by atoms with Crippen LogP contribution in [0.4, 0.5) is 0 Å². The molecule has 0 spiro atoms. The predicted molar refractivity (Wildman–Crippen MR) is 84.7 cm³/mol. The number of piperidine rings is 1. The molecule has 1 saturated heterocycles.